The standard InChI is InChI=1S/C18H24N2O/c1-4-6-15-7-10-17(11-8-15)21-18-12-9-16(13-20-18)14(3)19-5-2/h7-14,19H,4-6H2,1-3H3. The van der Waals surface area contributed by atoms with Gasteiger partial charge in [0, 0.05) is 18.3 Å². The summed E-state index contributed by atoms with van der Waals surface area (Å²) in [5.41, 5.74) is 2.51. The first-order chi connectivity index (χ1) is 10.2. The van der Waals surface area contributed by atoms with Crippen LogP contribution in [0.2, 0.25) is 0 Å². The SMILES string of the molecule is CCCc1ccc(Oc2ccc(C(C)NCC)cn2)cc1. The van der Waals surface area contributed by atoms with Crippen molar-refractivity contribution in [2.45, 2.75) is 39.7 Å². The van der Waals surface area contributed by atoms with Crippen molar-refractivity contribution in [1.82, 2.24) is 10.3 Å². The third-order valence-corrected chi connectivity index (χ3v) is 3.45. The fourth-order valence-corrected chi connectivity index (χ4v) is 2.27. The summed E-state index contributed by atoms with van der Waals surface area (Å²) in [6.45, 7) is 7.37. The van der Waals surface area contributed by atoms with Crippen molar-refractivity contribution in [2.24, 2.45) is 0 Å². The van der Waals surface area contributed by atoms with E-state index in [2.05, 4.69) is 49.3 Å². The lowest BCUT2D eigenvalue weighted by molar-refractivity contribution is 0.461. The highest BCUT2D eigenvalue weighted by Crippen LogP contribution is 2.21. The first kappa shape index (κ1) is 15.5. The Morgan fingerprint density at radius 3 is 2.43 bits per heavy atom. The Morgan fingerprint density at radius 1 is 1.10 bits per heavy atom. The molecule has 112 valence electrons. The largest absolute Gasteiger partial charge is 0.439 e. The van der Waals surface area contributed by atoms with Gasteiger partial charge in [-0.15, -0.1) is 0 Å². The number of nitrogens with zero attached hydrogens (tertiary/aromatic N) is 1. The summed E-state index contributed by atoms with van der Waals surface area (Å²) in [7, 11) is 0. The lowest BCUT2D eigenvalue weighted by Gasteiger charge is -2.12. The van der Waals surface area contributed by atoms with Gasteiger partial charge in [-0.25, -0.2) is 4.98 Å². The van der Waals surface area contributed by atoms with Gasteiger partial charge in [-0.05, 0) is 43.1 Å². The van der Waals surface area contributed by atoms with E-state index in [1.807, 2.05) is 24.4 Å². The molecular formula is C18H24N2O. The van der Waals surface area contributed by atoms with Gasteiger partial charge in [0.15, 0.2) is 0 Å². The molecule has 1 atom stereocenters. The molecule has 21 heavy (non-hydrogen) atoms. The van der Waals surface area contributed by atoms with E-state index in [0.717, 1.165) is 25.1 Å². The molecule has 0 amide bonds. The Morgan fingerprint density at radius 2 is 1.86 bits per heavy atom. The quantitative estimate of drug-likeness (QED) is 0.813. The van der Waals surface area contributed by atoms with Crippen LogP contribution in [0.5, 0.6) is 11.6 Å². The average Bonchev–Trinajstić information content (AvgIpc) is 2.50. The molecule has 2 rings (SSSR count). The summed E-state index contributed by atoms with van der Waals surface area (Å²) in [6, 6.07) is 12.5. The van der Waals surface area contributed by atoms with Gasteiger partial charge in [0.25, 0.3) is 0 Å². The molecule has 0 bridgehead atoms. The maximum Gasteiger partial charge on any atom is 0.219 e. The predicted octanol–water partition coefficient (Wildman–Crippen LogP) is 4.50. The van der Waals surface area contributed by atoms with Crippen molar-refractivity contribution in [3.8, 4) is 11.6 Å². The highest BCUT2D eigenvalue weighted by atomic mass is 16.5. The van der Waals surface area contributed by atoms with E-state index in [9.17, 15) is 0 Å². The van der Waals surface area contributed by atoms with Crippen LogP contribution in [0, 0.1) is 0 Å². The van der Waals surface area contributed by atoms with E-state index < -0.39 is 0 Å². The van der Waals surface area contributed by atoms with Crippen LogP contribution < -0.4 is 10.1 Å². The van der Waals surface area contributed by atoms with Crippen LogP contribution in [0.1, 0.15) is 44.4 Å². The minimum absolute atomic E-state index is 0.310. The Hall–Kier alpha value is -1.87. The van der Waals surface area contributed by atoms with Crippen LogP contribution in [0.3, 0.4) is 0 Å². The van der Waals surface area contributed by atoms with E-state index in [0.29, 0.717) is 11.9 Å². The summed E-state index contributed by atoms with van der Waals surface area (Å²) in [5, 5.41) is 3.37. The molecule has 1 heterocycles. The second-order valence-electron chi connectivity index (χ2n) is 5.21. The summed E-state index contributed by atoms with van der Waals surface area (Å²) >= 11 is 0. The zero-order chi connectivity index (χ0) is 15.1. The number of benzene rings is 1. The van der Waals surface area contributed by atoms with Crippen LogP contribution >= 0.6 is 0 Å². The molecule has 1 aromatic carbocycles. The van der Waals surface area contributed by atoms with Crippen molar-refractivity contribution < 1.29 is 4.74 Å². The van der Waals surface area contributed by atoms with Crippen molar-refractivity contribution in [3.63, 3.8) is 0 Å². The third-order valence-electron chi connectivity index (χ3n) is 3.45. The highest BCUT2D eigenvalue weighted by Gasteiger charge is 2.05. The fourth-order valence-electron chi connectivity index (χ4n) is 2.27. The molecule has 0 aliphatic heterocycles. The number of hydrogen-bond donors (Lipinski definition) is 1. The Labute approximate surface area is 127 Å². The molecule has 0 saturated heterocycles. The Kier molecular flexibility index (Phi) is 5.76. The zero-order valence-electron chi connectivity index (χ0n) is 13.1. The van der Waals surface area contributed by atoms with Gasteiger partial charge < -0.3 is 10.1 Å². The number of ether oxygens (including phenoxy) is 1. The van der Waals surface area contributed by atoms with E-state index >= 15 is 0 Å². The molecular weight excluding hydrogens is 260 g/mol. The van der Waals surface area contributed by atoms with Gasteiger partial charge in [-0.2, -0.15) is 0 Å². The molecule has 3 heteroatoms. The lowest BCUT2D eigenvalue weighted by Crippen LogP contribution is -2.17. The summed E-state index contributed by atoms with van der Waals surface area (Å²) in [4.78, 5) is 4.37. The fraction of sp³-hybridized carbons (Fsp3) is 0.389. The summed E-state index contributed by atoms with van der Waals surface area (Å²) < 4.78 is 5.77. The average molecular weight is 284 g/mol. The smallest absolute Gasteiger partial charge is 0.219 e. The monoisotopic (exact) mass is 284 g/mol. The predicted molar refractivity (Wildman–Crippen MR) is 86.8 cm³/mol. The first-order valence-electron chi connectivity index (χ1n) is 7.69. The minimum Gasteiger partial charge on any atom is -0.439 e. The van der Waals surface area contributed by atoms with Crippen LogP contribution in [0.25, 0.3) is 0 Å². The number of pyridine rings is 1. The lowest BCUT2D eigenvalue weighted by atomic mass is 10.1. The van der Waals surface area contributed by atoms with Crippen LogP contribution in [-0.4, -0.2) is 11.5 Å². The molecule has 1 aromatic heterocycles. The van der Waals surface area contributed by atoms with Gasteiger partial charge >= 0.3 is 0 Å². The van der Waals surface area contributed by atoms with Crippen LogP contribution in [0.15, 0.2) is 42.6 Å². The zero-order valence-corrected chi connectivity index (χ0v) is 13.1. The van der Waals surface area contributed by atoms with Gasteiger partial charge in [0.1, 0.15) is 5.75 Å². The van der Waals surface area contributed by atoms with Gasteiger partial charge in [-0.3, -0.25) is 0 Å². The van der Waals surface area contributed by atoms with E-state index in [4.69, 9.17) is 4.74 Å². The maximum absolute atomic E-state index is 5.77. The number of aryl methyl sites for hydroxylation is 1. The van der Waals surface area contributed by atoms with Crippen molar-refractivity contribution in [1.29, 1.82) is 0 Å². The number of rotatable bonds is 7. The van der Waals surface area contributed by atoms with E-state index in [1.54, 1.807) is 0 Å². The molecule has 0 aliphatic rings. The van der Waals surface area contributed by atoms with Gasteiger partial charge in [0.2, 0.25) is 5.88 Å². The summed E-state index contributed by atoms with van der Waals surface area (Å²) in [5.74, 6) is 1.46. The van der Waals surface area contributed by atoms with E-state index in [1.165, 1.54) is 11.1 Å². The molecule has 1 N–H and O–H groups in total. The second-order valence-corrected chi connectivity index (χ2v) is 5.21. The number of hydrogen-bond acceptors (Lipinski definition) is 3. The molecule has 1 unspecified atom stereocenters. The van der Waals surface area contributed by atoms with E-state index in [-0.39, 0.29) is 0 Å². The molecule has 0 spiro atoms. The molecule has 2 aromatic rings. The Bertz CT molecular complexity index is 534. The topological polar surface area (TPSA) is 34.1 Å². The second kappa shape index (κ2) is 7.79. The van der Waals surface area contributed by atoms with Crippen LogP contribution in [-0.2, 0) is 6.42 Å². The number of aromatic nitrogens is 1. The number of nitrogens with one attached hydrogen (secondary N) is 1. The first-order valence-corrected chi connectivity index (χ1v) is 7.69. The normalized spacial score (nSPS) is 12.1. The van der Waals surface area contributed by atoms with Crippen molar-refractivity contribution in [2.75, 3.05) is 6.54 Å². The van der Waals surface area contributed by atoms with Crippen molar-refractivity contribution >= 4 is 0 Å². The molecule has 0 saturated carbocycles. The molecule has 0 radical (unpaired) electrons. The highest BCUT2D eigenvalue weighted by molar-refractivity contribution is 5.31. The Balaban J connectivity index is 1.99. The molecule has 0 fully saturated rings. The third kappa shape index (κ3) is 4.57. The molecule has 0 aliphatic carbocycles. The van der Waals surface area contributed by atoms with Crippen LogP contribution in [0.4, 0.5) is 0 Å². The maximum atomic E-state index is 5.77. The minimum atomic E-state index is 0.310. The van der Waals surface area contributed by atoms with Gasteiger partial charge in [-0.1, -0.05) is 38.5 Å². The van der Waals surface area contributed by atoms with Crippen molar-refractivity contribution in [3.05, 3.63) is 53.7 Å². The summed E-state index contributed by atoms with van der Waals surface area (Å²) in [6.07, 6.45) is 4.14. The molecule has 3 nitrogen and oxygen atoms in total. The van der Waals surface area contributed by atoms with Gasteiger partial charge in [0.05, 0.1) is 0 Å².